The second-order valence-electron chi connectivity index (χ2n) is 33.4. The molecular formula is C66H110Cl2N10O18P2Si2. The lowest BCUT2D eigenvalue weighted by Crippen LogP contribution is -2.45. The van der Waals surface area contributed by atoms with E-state index in [9.17, 15) is 28.9 Å². The largest absolute Gasteiger partial charge is 0.443 e. The molecule has 100 heavy (non-hydrogen) atoms. The highest BCUT2D eigenvalue weighted by molar-refractivity contribution is 7.64. The van der Waals surface area contributed by atoms with Gasteiger partial charge >= 0.3 is 12.2 Å². The lowest BCUT2D eigenvalue weighted by atomic mass is 10.1. The van der Waals surface area contributed by atoms with Crippen molar-refractivity contribution < 1.29 is 85.8 Å². The van der Waals surface area contributed by atoms with Crippen LogP contribution in [-0.4, -0.2) is 240 Å². The Morgan fingerprint density at radius 3 is 1.21 bits per heavy atom. The molecule has 4 aromatic heterocycles. The maximum Gasteiger partial charge on any atom is 0.416 e. The van der Waals surface area contributed by atoms with Gasteiger partial charge in [0.1, 0.15) is 62.1 Å². The lowest BCUT2D eigenvalue weighted by molar-refractivity contribution is -0.208. The van der Waals surface area contributed by atoms with E-state index in [0.717, 1.165) is 63.5 Å². The van der Waals surface area contributed by atoms with Crippen LogP contribution in [0.2, 0.25) is 61.9 Å². The van der Waals surface area contributed by atoms with Crippen LogP contribution in [0.1, 0.15) is 133 Å². The normalized spacial score (nSPS) is 25.6. The zero-order valence-corrected chi connectivity index (χ0v) is 67.5. The van der Waals surface area contributed by atoms with Gasteiger partial charge in [0.25, 0.3) is 0 Å². The Morgan fingerprint density at radius 2 is 0.910 bits per heavy atom. The maximum absolute atomic E-state index is 13.7. The molecule has 564 valence electrons. The molecular weight excluding hydrogens is 1410 g/mol. The van der Waals surface area contributed by atoms with Gasteiger partial charge in [-0.25, -0.2) is 19.0 Å². The van der Waals surface area contributed by atoms with Crippen LogP contribution in [0.25, 0.3) is 22.1 Å². The summed E-state index contributed by atoms with van der Waals surface area (Å²) in [4.78, 5) is 48.6. The summed E-state index contributed by atoms with van der Waals surface area (Å²) in [5.41, 5.74) is -0.752. The van der Waals surface area contributed by atoms with E-state index in [0.29, 0.717) is 46.9 Å². The molecule has 28 nitrogen and oxygen atoms in total. The molecule has 10 rings (SSSR count). The minimum atomic E-state index is -3.05. The number of aromatic nitrogens is 8. The highest BCUT2D eigenvalue weighted by Gasteiger charge is 2.60. The molecule has 4 aromatic rings. The van der Waals surface area contributed by atoms with Crippen molar-refractivity contribution in [1.29, 1.82) is 0 Å². The second kappa shape index (κ2) is 30.8. The third-order valence-electron chi connectivity index (χ3n) is 18.7. The van der Waals surface area contributed by atoms with E-state index >= 15 is 0 Å². The number of nitrogens with zero attached hydrogens (tertiary/aromatic N) is 10. The number of carbonyl (C=O) groups is 2. The molecule has 2 N–H and O–H groups in total. The van der Waals surface area contributed by atoms with Crippen LogP contribution in [0.3, 0.4) is 0 Å². The topological polar surface area (TPSA) is 313 Å². The first-order valence-corrected chi connectivity index (χ1v) is 48.3. The van der Waals surface area contributed by atoms with E-state index in [2.05, 4.69) is 69.4 Å². The molecule has 6 aliphatic rings. The van der Waals surface area contributed by atoms with Gasteiger partial charge in [0.15, 0.2) is 57.6 Å². The molecule has 0 bridgehead atoms. The number of ether oxygens (including phenoxy) is 12. The van der Waals surface area contributed by atoms with Crippen molar-refractivity contribution in [2.24, 2.45) is 0 Å². The second-order valence-corrected chi connectivity index (χ2v) is 52.3. The predicted octanol–water partition coefficient (Wildman–Crippen LogP) is 12.5. The Labute approximate surface area is 600 Å². The number of hydrogen-bond acceptors (Lipinski definition) is 24. The first-order chi connectivity index (χ1) is 46.3. The van der Waals surface area contributed by atoms with E-state index in [1.54, 1.807) is 58.2 Å². The number of aliphatic hydroxyl groups excluding tert-OH is 2. The summed E-state index contributed by atoms with van der Waals surface area (Å²) in [6, 6.07) is 1.60. The molecule has 34 heteroatoms. The van der Waals surface area contributed by atoms with Crippen LogP contribution < -0.4 is 9.80 Å². The van der Waals surface area contributed by atoms with Crippen molar-refractivity contribution in [3.63, 3.8) is 0 Å². The van der Waals surface area contributed by atoms with Crippen molar-refractivity contribution >= 4 is 99.5 Å². The summed E-state index contributed by atoms with van der Waals surface area (Å²) in [5.74, 6) is -1.28. The Hall–Kier alpha value is -3.37. The van der Waals surface area contributed by atoms with Gasteiger partial charge in [-0.15, -0.1) is 0 Å². The average Bonchev–Trinajstić information content (AvgIpc) is 1.57. The predicted molar refractivity (Wildman–Crippen MR) is 386 cm³/mol. The molecule has 8 heterocycles. The number of rotatable bonds is 26. The number of anilines is 2. The highest BCUT2D eigenvalue weighted by Crippen LogP contribution is 2.55. The van der Waals surface area contributed by atoms with E-state index in [4.69, 9.17) is 80.0 Å². The van der Waals surface area contributed by atoms with Crippen LogP contribution in [0.5, 0.6) is 0 Å². The zero-order valence-electron chi connectivity index (χ0n) is 62.2. The maximum atomic E-state index is 13.7. The molecule has 2 saturated carbocycles. The van der Waals surface area contributed by atoms with E-state index < -0.39 is 138 Å². The summed E-state index contributed by atoms with van der Waals surface area (Å²) in [7, 11) is -8.83. The monoisotopic (exact) mass is 1520 g/mol. The molecule has 2 aliphatic carbocycles. The quantitative estimate of drug-likeness (QED) is 0.0255. The van der Waals surface area contributed by atoms with Crippen LogP contribution in [0, 0.1) is 0 Å². The van der Waals surface area contributed by atoms with E-state index in [1.165, 1.54) is 0 Å². The summed E-state index contributed by atoms with van der Waals surface area (Å²) in [6.45, 7) is 37.9. The van der Waals surface area contributed by atoms with Crippen LogP contribution >= 0.6 is 37.5 Å². The van der Waals surface area contributed by atoms with Crippen molar-refractivity contribution in [2.45, 2.75) is 267 Å². The highest BCUT2D eigenvalue weighted by atomic mass is 35.5. The van der Waals surface area contributed by atoms with Gasteiger partial charge in [0.2, 0.25) is 10.6 Å². The number of fused-ring (bicyclic) bond motifs is 4. The smallest absolute Gasteiger partial charge is 0.416 e. The van der Waals surface area contributed by atoms with Crippen LogP contribution in [0.15, 0.2) is 12.4 Å². The SMILES string of the molecule is CC(C)(C)OC(=O)N(c1nc(Cl)nc2c1cnn2[C@@H]1O[C@H](CO[C@](CO)(COCC[Si](C)(C)C)P(C)(C)=O)[C@H]2OC(C)(C)O[C@H]21)C1CCCC1.CC(C)(C)OC(=O)N(c1nc(Cl)nc2c1cnn2[C@@H]1O[C@H](CO[C@](CO)(COCC[Si](C)(C)C)P(C)(C)=O)[C@H]2OC(C)(C)O[C@H]21)C1CCCC1. The summed E-state index contributed by atoms with van der Waals surface area (Å²) in [6.07, 6.45) is 3.75. The van der Waals surface area contributed by atoms with Crippen molar-refractivity contribution in [1.82, 2.24) is 39.5 Å². The van der Waals surface area contributed by atoms with Gasteiger partial charge in [-0.05, 0) is 157 Å². The Kier molecular flexibility index (Phi) is 24.9. The van der Waals surface area contributed by atoms with Gasteiger partial charge in [-0.2, -0.15) is 30.1 Å². The first-order valence-electron chi connectivity index (χ1n) is 34.9. The molecule has 0 unspecified atom stereocenters. The summed E-state index contributed by atoms with van der Waals surface area (Å²) >= 11 is 13.1. The van der Waals surface area contributed by atoms with E-state index in [1.807, 2.05) is 69.2 Å². The zero-order chi connectivity index (χ0) is 73.7. The standard InChI is InChI=1S/2C33H55ClN5O9PSi/c2*1-31(2,3)48-30(41)38(21-13-11-12-14-21)26-22-17-35-39(27(22)37-29(34)36-26)28-25-24(46-32(4,5)47-25)23(45-28)18-44-33(19-40,49(6,7)42)20-43-15-16-50(8,9)10/h2*17,21,23-25,28,40H,11-16,18-20H2,1-10H3/t2*23-,24-,25-,28-,33+/m11/s1. The summed E-state index contributed by atoms with van der Waals surface area (Å²) in [5, 5.41) is 28.5. The third kappa shape index (κ3) is 19.1. The third-order valence-corrected chi connectivity index (χ3v) is 27.2. The lowest BCUT2D eigenvalue weighted by Gasteiger charge is -2.36. The number of aliphatic hydroxyl groups is 2. The number of hydrogen-bond donors (Lipinski definition) is 2. The molecule has 4 saturated heterocycles. The molecule has 0 aromatic carbocycles. The van der Waals surface area contributed by atoms with Crippen molar-refractivity contribution in [2.75, 3.05) is 89.3 Å². The van der Waals surface area contributed by atoms with Crippen molar-refractivity contribution in [3.8, 4) is 0 Å². The van der Waals surface area contributed by atoms with Gasteiger partial charge < -0.3 is 76.2 Å². The minimum Gasteiger partial charge on any atom is -0.443 e. The average molecular weight is 1520 g/mol. The van der Waals surface area contributed by atoms with E-state index in [-0.39, 0.29) is 49.1 Å². The Morgan fingerprint density at radius 1 is 0.580 bits per heavy atom. The minimum absolute atomic E-state index is 0.0253. The van der Waals surface area contributed by atoms with Gasteiger partial charge in [0.05, 0.1) is 62.8 Å². The van der Waals surface area contributed by atoms with Gasteiger partial charge in [-0.1, -0.05) is 65.0 Å². The molecule has 6 fully saturated rings. The Bertz CT molecular complexity index is 3370. The first kappa shape index (κ1) is 80.7. The number of amides is 2. The molecule has 10 atom stereocenters. The molecule has 0 spiro atoms. The number of carbonyl (C=O) groups excluding carboxylic acids is 2. The molecule has 4 aliphatic heterocycles. The van der Waals surface area contributed by atoms with Gasteiger partial charge in [-0.3, -0.25) is 9.80 Å². The fraction of sp³-hybridized carbons (Fsp3) is 0.818. The summed E-state index contributed by atoms with van der Waals surface area (Å²) < 4.78 is 105. The molecule has 2 amide bonds. The number of halogens is 2. The van der Waals surface area contributed by atoms with Crippen molar-refractivity contribution in [3.05, 3.63) is 23.0 Å². The molecule has 0 radical (unpaired) electrons. The fourth-order valence-electron chi connectivity index (χ4n) is 13.2. The van der Waals surface area contributed by atoms with Gasteiger partial charge in [0, 0.05) is 41.4 Å². The fourth-order valence-corrected chi connectivity index (χ4v) is 17.3. The van der Waals surface area contributed by atoms with Crippen LogP contribution in [-0.2, 0) is 66.0 Å². The van der Waals surface area contributed by atoms with Crippen LogP contribution in [0.4, 0.5) is 21.2 Å². The Balaban J connectivity index is 0.000000233.